The predicted molar refractivity (Wildman–Crippen MR) is 91.1 cm³/mol. The largest absolute Gasteiger partial charge is 0.321 e. The van der Waals surface area contributed by atoms with Crippen molar-refractivity contribution in [2.45, 2.75) is 70.3 Å². The minimum Gasteiger partial charge on any atom is -0.321 e. The van der Waals surface area contributed by atoms with Crippen LogP contribution in [0.1, 0.15) is 69.1 Å². The van der Waals surface area contributed by atoms with Gasteiger partial charge < -0.3 is 10.6 Å². The molecule has 1 amide bonds. The molecule has 0 unspecified atom stereocenters. The second-order valence-corrected chi connectivity index (χ2v) is 7.91. The lowest BCUT2D eigenvalue weighted by Crippen LogP contribution is -2.53. The van der Waals surface area contributed by atoms with Crippen molar-refractivity contribution in [1.82, 2.24) is 10.3 Å². The Hall–Kier alpha value is -1.61. The van der Waals surface area contributed by atoms with E-state index >= 15 is 0 Å². The molecule has 6 heteroatoms. The summed E-state index contributed by atoms with van der Waals surface area (Å²) >= 11 is 1.63. The minimum atomic E-state index is -0.342. The maximum atomic E-state index is 12.6. The number of nitriles is 1. The Bertz CT molecular complexity index is 594. The number of anilines is 1. The molecule has 124 valence electrons. The van der Waals surface area contributed by atoms with Crippen molar-refractivity contribution in [3.05, 3.63) is 11.1 Å². The van der Waals surface area contributed by atoms with Crippen molar-refractivity contribution < 1.29 is 4.79 Å². The summed E-state index contributed by atoms with van der Waals surface area (Å²) in [5, 5.41) is 15.2. The fraction of sp³-hybridized carbons (Fsp3) is 0.706. The SMILES string of the molecule is CC[C@]1(C(=O)Nc2ncc(C3CCCCC3)s2)C[C@H](NC#N)C1. The van der Waals surface area contributed by atoms with Crippen LogP contribution in [0.2, 0.25) is 0 Å². The van der Waals surface area contributed by atoms with Gasteiger partial charge in [0.05, 0.1) is 5.41 Å². The van der Waals surface area contributed by atoms with Crippen LogP contribution in [0.25, 0.3) is 0 Å². The summed E-state index contributed by atoms with van der Waals surface area (Å²) in [6.45, 7) is 2.04. The summed E-state index contributed by atoms with van der Waals surface area (Å²) in [6, 6.07) is 0.139. The summed E-state index contributed by atoms with van der Waals surface area (Å²) in [6.07, 6.45) is 12.6. The van der Waals surface area contributed by atoms with Gasteiger partial charge in [-0.3, -0.25) is 4.79 Å². The van der Waals surface area contributed by atoms with Gasteiger partial charge >= 0.3 is 0 Å². The fourth-order valence-corrected chi connectivity index (χ4v) is 4.84. The average Bonchev–Trinajstić information content (AvgIpc) is 3.00. The van der Waals surface area contributed by atoms with E-state index in [1.54, 1.807) is 11.3 Å². The van der Waals surface area contributed by atoms with Crippen LogP contribution in [0.3, 0.4) is 0 Å². The molecule has 2 aliphatic carbocycles. The summed E-state index contributed by atoms with van der Waals surface area (Å²) in [4.78, 5) is 18.3. The van der Waals surface area contributed by atoms with E-state index in [0.29, 0.717) is 5.92 Å². The lowest BCUT2D eigenvalue weighted by atomic mass is 9.63. The Balaban J connectivity index is 1.59. The van der Waals surface area contributed by atoms with Crippen molar-refractivity contribution in [3.8, 4) is 6.19 Å². The standard InChI is InChI=1S/C17H24N4OS/c1-2-17(8-13(9-17)20-11-18)15(22)21-16-19-10-14(23-16)12-6-4-3-5-7-12/h10,12-13,20H,2-9H2,1H3,(H,19,21,22)/t13-,17-. The Kier molecular flexibility index (Phi) is 4.86. The molecular weight excluding hydrogens is 308 g/mol. The molecule has 2 saturated carbocycles. The van der Waals surface area contributed by atoms with E-state index in [0.717, 1.165) is 24.4 Å². The number of carbonyl (C=O) groups is 1. The molecule has 0 saturated heterocycles. The third-order valence-corrected chi connectivity index (χ3v) is 6.53. The van der Waals surface area contributed by atoms with Gasteiger partial charge in [-0.1, -0.05) is 26.2 Å². The number of thiazole rings is 1. The number of nitrogens with zero attached hydrogens (tertiary/aromatic N) is 2. The maximum absolute atomic E-state index is 12.6. The molecular formula is C17H24N4OS. The smallest absolute Gasteiger partial charge is 0.232 e. The zero-order valence-corrected chi connectivity index (χ0v) is 14.4. The topological polar surface area (TPSA) is 77.8 Å². The molecule has 1 aromatic rings. The van der Waals surface area contributed by atoms with Gasteiger partial charge in [0.2, 0.25) is 5.91 Å². The monoisotopic (exact) mass is 332 g/mol. The van der Waals surface area contributed by atoms with Crippen LogP contribution in [0, 0.1) is 16.9 Å². The normalized spacial score (nSPS) is 27.7. The van der Waals surface area contributed by atoms with E-state index < -0.39 is 0 Å². The zero-order valence-electron chi connectivity index (χ0n) is 13.6. The molecule has 0 aliphatic heterocycles. The van der Waals surface area contributed by atoms with E-state index in [1.807, 2.05) is 19.3 Å². The minimum absolute atomic E-state index is 0.0560. The summed E-state index contributed by atoms with van der Waals surface area (Å²) in [7, 11) is 0. The van der Waals surface area contributed by atoms with Crippen molar-refractivity contribution in [3.63, 3.8) is 0 Å². The second kappa shape index (κ2) is 6.88. The molecule has 5 nitrogen and oxygen atoms in total. The quantitative estimate of drug-likeness (QED) is 0.636. The summed E-state index contributed by atoms with van der Waals surface area (Å²) in [5.74, 6) is 0.681. The highest BCUT2D eigenvalue weighted by Crippen LogP contribution is 2.45. The Morgan fingerprint density at radius 2 is 2.17 bits per heavy atom. The zero-order chi connectivity index (χ0) is 16.3. The number of aromatic nitrogens is 1. The van der Waals surface area contributed by atoms with Crippen LogP contribution in [-0.2, 0) is 4.79 Å². The average molecular weight is 332 g/mol. The fourth-order valence-electron chi connectivity index (χ4n) is 3.86. The van der Waals surface area contributed by atoms with E-state index in [-0.39, 0.29) is 17.4 Å². The molecule has 2 fully saturated rings. The van der Waals surface area contributed by atoms with Crippen molar-refractivity contribution in [2.24, 2.45) is 5.41 Å². The van der Waals surface area contributed by atoms with E-state index in [1.165, 1.54) is 37.0 Å². The van der Waals surface area contributed by atoms with Gasteiger partial charge in [0.1, 0.15) is 0 Å². The first-order valence-corrected chi connectivity index (χ1v) is 9.40. The highest BCUT2D eigenvalue weighted by atomic mass is 32.1. The van der Waals surface area contributed by atoms with Crippen LogP contribution in [0.15, 0.2) is 6.20 Å². The first-order valence-electron chi connectivity index (χ1n) is 8.58. The molecule has 1 heterocycles. The molecule has 0 aromatic carbocycles. The number of carbonyl (C=O) groups excluding carboxylic acids is 1. The van der Waals surface area contributed by atoms with Crippen molar-refractivity contribution in [2.75, 3.05) is 5.32 Å². The highest BCUT2D eigenvalue weighted by Gasteiger charge is 2.48. The van der Waals surface area contributed by atoms with Gasteiger partial charge in [0.15, 0.2) is 11.3 Å². The third-order valence-electron chi connectivity index (χ3n) is 5.45. The van der Waals surface area contributed by atoms with Gasteiger partial charge in [0.25, 0.3) is 0 Å². The van der Waals surface area contributed by atoms with Gasteiger partial charge in [-0.15, -0.1) is 11.3 Å². The lowest BCUT2D eigenvalue weighted by Gasteiger charge is -2.44. The van der Waals surface area contributed by atoms with E-state index in [2.05, 4.69) is 15.6 Å². The Morgan fingerprint density at radius 3 is 2.83 bits per heavy atom. The van der Waals surface area contributed by atoms with Crippen LogP contribution in [0.5, 0.6) is 0 Å². The second-order valence-electron chi connectivity index (χ2n) is 6.85. The maximum Gasteiger partial charge on any atom is 0.232 e. The van der Waals surface area contributed by atoms with Gasteiger partial charge in [-0.05, 0) is 38.0 Å². The van der Waals surface area contributed by atoms with E-state index in [4.69, 9.17) is 5.26 Å². The summed E-state index contributed by atoms with van der Waals surface area (Å²) < 4.78 is 0. The van der Waals surface area contributed by atoms with Crippen LogP contribution >= 0.6 is 11.3 Å². The van der Waals surface area contributed by atoms with Crippen LogP contribution in [0.4, 0.5) is 5.13 Å². The molecule has 0 bridgehead atoms. The van der Waals surface area contributed by atoms with E-state index in [9.17, 15) is 4.79 Å². The number of nitrogens with one attached hydrogen (secondary N) is 2. The highest BCUT2D eigenvalue weighted by molar-refractivity contribution is 7.15. The molecule has 3 rings (SSSR count). The first-order chi connectivity index (χ1) is 11.2. The molecule has 2 aliphatic rings. The molecule has 0 spiro atoms. The number of rotatable bonds is 5. The first kappa shape index (κ1) is 16.3. The molecule has 23 heavy (non-hydrogen) atoms. The molecule has 1 aromatic heterocycles. The molecule has 0 radical (unpaired) electrons. The Morgan fingerprint density at radius 1 is 1.43 bits per heavy atom. The van der Waals surface area contributed by atoms with Crippen LogP contribution < -0.4 is 10.6 Å². The number of hydrogen-bond donors (Lipinski definition) is 2. The molecule has 2 N–H and O–H groups in total. The third kappa shape index (κ3) is 3.35. The summed E-state index contributed by atoms with van der Waals surface area (Å²) in [5.41, 5.74) is -0.342. The Labute approximate surface area is 141 Å². The van der Waals surface area contributed by atoms with Crippen LogP contribution in [-0.4, -0.2) is 16.9 Å². The lowest BCUT2D eigenvalue weighted by molar-refractivity contribution is -0.132. The number of amides is 1. The number of hydrogen-bond acceptors (Lipinski definition) is 5. The van der Waals surface area contributed by atoms with Gasteiger partial charge in [0, 0.05) is 17.1 Å². The molecule has 0 atom stereocenters. The predicted octanol–water partition coefficient (Wildman–Crippen LogP) is 3.76. The van der Waals surface area contributed by atoms with Gasteiger partial charge in [-0.25, -0.2) is 4.98 Å². The van der Waals surface area contributed by atoms with Crippen molar-refractivity contribution in [1.29, 1.82) is 5.26 Å². The van der Waals surface area contributed by atoms with Crippen molar-refractivity contribution >= 4 is 22.4 Å². The van der Waals surface area contributed by atoms with Gasteiger partial charge in [-0.2, -0.15) is 5.26 Å².